The van der Waals surface area contributed by atoms with Crippen LogP contribution in [-0.4, -0.2) is 32.6 Å². The molecule has 4 rings (SSSR count). The van der Waals surface area contributed by atoms with Gasteiger partial charge in [-0.25, -0.2) is 9.97 Å². The second-order valence-corrected chi connectivity index (χ2v) is 6.90. The van der Waals surface area contributed by atoms with E-state index in [0.717, 1.165) is 16.2 Å². The standard InChI is InChI=1S/C21H17N5O2S/c1-29-21-22-12-13-26(21)16-9-6-15(7-10-16)19(27)24-25-20(28)18-11-8-14-4-2-3-5-17(14)23-18/h2-13H,1H3,(H,24,27)(H,25,28). The minimum Gasteiger partial charge on any atom is -0.295 e. The van der Waals surface area contributed by atoms with Gasteiger partial charge in [0.05, 0.1) is 5.52 Å². The number of hydrogen-bond acceptors (Lipinski definition) is 5. The summed E-state index contributed by atoms with van der Waals surface area (Å²) < 4.78 is 1.93. The van der Waals surface area contributed by atoms with Crippen molar-refractivity contribution in [3.8, 4) is 5.69 Å². The Morgan fingerprint density at radius 2 is 1.69 bits per heavy atom. The van der Waals surface area contributed by atoms with Gasteiger partial charge in [-0.15, -0.1) is 0 Å². The van der Waals surface area contributed by atoms with Crippen LogP contribution in [-0.2, 0) is 0 Å². The van der Waals surface area contributed by atoms with E-state index in [9.17, 15) is 9.59 Å². The number of carbonyl (C=O) groups is 2. The van der Waals surface area contributed by atoms with Crippen molar-refractivity contribution in [1.82, 2.24) is 25.4 Å². The fourth-order valence-electron chi connectivity index (χ4n) is 2.85. The van der Waals surface area contributed by atoms with Gasteiger partial charge in [-0.05, 0) is 42.7 Å². The molecule has 7 nitrogen and oxygen atoms in total. The maximum absolute atomic E-state index is 12.3. The average molecular weight is 403 g/mol. The van der Waals surface area contributed by atoms with E-state index in [1.54, 1.807) is 24.4 Å². The summed E-state index contributed by atoms with van der Waals surface area (Å²) in [6.07, 6.45) is 5.54. The Morgan fingerprint density at radius 3 is 2.48 bits per heavy atom. The zero-order valence-corrected chi connectivity index (χ0v) is 16.3. The molecule has 0 atom stereocenters. The number of aromatic nitrogens is 3. The SMILES string of the molecule is CSc1nccn1-c1ccc(C(=O)NNC(=O)c2ccc3ccccc3n2)cc1. The molecule has 29 heavy (non-hydrogen) atoms. The number of pyridine rings is 1. The topological polar surface area (TPSA) is 88.9 Å². The highest BCUT2D eigenvalue weighted by Gasteiger charge is 2.11. The van der Waals surface area contributed by atoms with Crippen molar-refractivity contribution in [1.29, 1.82) is 0 Å². The van der Waals surface area contributed by atoms with Crippen LogP contribution in [0.15, 0.2) is 78.2 Å². The number of fused-ring (bicyclic) bond motifs is 1. The monoisotopic (exact) mass is 403 g/mol. The predicted molar refractivity (Wildman–Crippen MR) is 112 cm³/mol. The fraction of sp³-hybridized carbons (Fsp3) is 0.0476. The number of benzene rings is 2. The number of imidazole rings is 1. The molecular weight excluding hydrogens is 386 g/mol. The Labute approximate surface area is 171 Å². The summed E-state index contributed by atoms with van der Waals surface area (Å²) >= 11 is 1.54. The lowest BCUT2D eigenvalue weighted by Gasteiger charge is -2.09. The number of amides is 2. The summed E-state index contributed by atoms with van der Waals surface area (Å²) in [5, 5.41) is 1.80. The quantitative estimate of drug-likeness (QED) is 0.403. The molecule has 0 aliphatic heterocycles. The van der Waals surface area contributed by atoms with E-state index in [2.05, 4.69) is 20.8 Å². The van der Waals surface area contributed by atoms with Gasteiger partial charge in [0.25, 0.3) is 11.8 Å². The van der Waals surface area contributed by atoms with E-state index >= 15 is 0 Å². The minimum atomic E-state index is -0.483. The van der Waals surface area contributed by atoms with Crippen LogP contribution in [0, 0.1) is 0 Å². The Morgan fingerprint density at radius 1 is 0.931 bits per heavy atom. The van der Waals surface area contributed by atoms with Crippen LogP contribution in [0.25, 0.3) is 16.6 Å². The van der Waals surface area contributed by atoms with E-state index in [-0.39, 0.29) is 5.69 Å². The molecule has 2 amide bonds. The molecule has 8 heteroatoms. The lowest BCUT2D eigenvalue weighted by molar-refractivity contribution is 0.0844. The molecule has 2 heterocycles. The summed E-state index contributed by atoms with van der Waals surface area (Å²) in [5.41, 5.74) is 7.08. The Balaban J connectivity index is 1.41. The summed E-state index contributed by atoms with van der Waals surface area (Å²) in [4.78, 5) is 33.2. The number of nitrogens with one attached hydrogen (secondary N) is 2. The molecule has 2 aromatic carbocycles. The van der Waals surface area contributed by atoms with Crippen LogP contribution < -0.4 is 10.9 Å². The lowest BCUT2D eigenvalue weighted by atomic mass is 10.2. The molecule has 0 bridgehead atoms. The Hall–Kier alpha value is -3.65. The van der Waals surface area contributed by atoms with Gasteiger partial charge in [0.2, 0.25) is 0 Å². The highest BCUT2D eigenvalue weighted by atomic mass is 32.2. The second kappa shape index (κ2) is 8.15. The first-order valence-electron chi connectivity index (χ1n) is 8.80. The zero-order chi connectivity index (χ0) is 20.2. The average Bonchev–Trinajstić information content (AvgIpc) is 3.26. The van der Waals surface area contributed by atoms with Crippen molar-refractivity contribution in [3.63, 3.8) is 0 Å². The fourth-order valence-corrected chi connectivity index (χ4v) is 3.38. The smallest absolute Gasteiger partial charge is 0.288 e. The first-order valence-corrected chi connectivity index (χ1v) is 10.0. The van der Waals surface area contributed by atoms with Crippen LogP contribution in [0.1, 0.15) is 20.8 Å². The molecule has 0 aliphatic carbocycles. The van der Waals surface area contributed by atoms with Gasteiger partial charge in [-0.2, -0.15) is 0 Å². The molecule has 0 saturated heterocycles. The van der Waals surface area contributed by atoms with Gasteiger partial charge < -0.3 is 0 Å². The number of para-hydroxylation sites is 1. The number of hydrazine groups is 1. The van der Waals surface area contributed by atoms with Gasteiger partial charge in [0.15, 0.2) is 5.16 Å². The van der Waals surface area contributed by atoms with Crippen LogP contribution in [0.4, 0.5) is 0 Å². The van der Waals surface area contributed by atoms with Crippen molar-refractivity contribution in [2.24, 2.45) is 0 Å². The van der Waals surface area contributed by atoms with E-state index in [1.165, 1.54) is 11.8 Å². The van der Waals surface area contributed by atoms with Crippen molar-refractivity contribution in [2.45, 2.75) is 5.16 Å². The molecule has 0 radical (unpaired) electrons. The molecule has 2 N–H and O–H groups in total. The molecule has 0 aliphatic rings. The summed E-state index contributed by atoms with van der Waals surface area (Å²) in [7, 11) is 0. The molecule has 0 fully saturated rings. The second-order valence-electron chi connectivity index (χ2n) is 6.13. The maximum atomic E-state index is 12.3. The van der Waals surface area contributed by atoms with Crippen molar-refractivity contribution >= 4 is 34.5 Å². The van der Waals surface area contributed by atoms with Crippen LogP contribution in [0.3, 0.4) is 0 Å². The first-order chi connectivity index (χ1) is 14.2. The van der Waals surface area contributed by atoms with Crippen molar-refractivity contribution < 1.29 is 9.59 Å². The number of rotatable bonds is 4. The van der Waals surface area contributed by atoms with E-state index < -0.39 is 11.8 Å². The molecule has 0 saturated carbocycles. The highest BCUT2D eigenvalue weighted by molar-refractivity contribution is 7.98. The van der Waals surface area contributed by atoms with Gasteiger partial charge >= 0.3 is 0 Å². The summed E-state index contributed by atoms with van der Waals surface area (Å²) in [5.74, 6) is -0.898. The van der Waals surface area contributed by atoms with Gasteiger partial charge in [0.1, 0.15) is 5.69 Å². The Kier molecular flexibility index (Phi) is 5.26. The number of hydrogen-bond donors (Lipinski definition) is 2. The van der Waals surface area contributed by atoms with E-state index in [4.69, 9.17) is 0 Å². The molecule has 0 unspecified atom stereocenters. The van der Waals surface area contributed by atoms with Gasteiger partial charge in [-0.3, -0.25) is 25.0 Å². The van der Waals surface area contributed by atoms with Crippen LogP contribution in [0.2, 0.25) is 0 Å². The minimum absolute atomic E-state index is 0.226. The molecule has 2 aromatic heterocycles. The molecule has 144 valence electrons. The maximum Gasteiger partial charge on any atom is 0.288 e. The van der Waals surface area contributed by atoms with Gasteiger partial charge in [-0.1, -0.05) is 36.0 Å². The molecular formula is C21H17N5O2S. The van der Waals surface area contributed by atoms with Crippen LogP contribution >= 0.6 is 11.8 Å². The lowest BCUT2D eigenvalue weighted by Crippen LogP contribution is -2.41. The van der Waals surface area contributed by atoms with Crippen molar-refractivity contribution in [3.05, 3.63) is 84.3 Å². The predicted octanol–water partition coefficient (Wildman–Crippen LogP) is 3.22. The van der Waals surface area contributed by atoms with Gasteiger partial charge in [0, 0.05) is 29.0 Å². The molecule has 0 spiro atoms. The summed E-state index contributed by atoms with van der Waals surface area (Å²) in [6, 6.07) is 18.0. The third-order valence-corrected chi connectivity index (χ3v) is 4.98. The normalized spacial score (nSPS) is 10.7. The molecule has 4 aromatic rings. The van der Waals surface area contributed by atoms with E-state index in [0.29, 0.717) is 11.1 Å². The third kappa shape index (κ3) is 3.97. The number of thioether (sulfide) groups is 1. The summed E-state index contributed by atoms with van der Waals surface area (Å²) in [6.45, 7) is 0. The van der Waals surface area contributed by atoms with E-state index in [1.807, 2.05) is 59.5 Å². The third-order valence-electron chi connectivity index (χ3n) is 4.32. The van der Waals surface area contributed by atoms with Crippen LogP contribution in [0.5, 0.6) is 0 Å². The number of carbonyl (C=O) groups excluding carboxylic acids is 2. The van der Waals surface area contributed by atoms with Crippen molar-refractivity contribution in [2.75, 3.05) is 6.26 Å². The largest absolute Gasteiger partial charge is 0.295 e. The zero-order valence-electron chi connectivity index (χ0n) is 15.5. The Bertz CT molecular complexity index is 1190. The highest BCUT2D eigenvalue weighted by Crippen LogP contribution is 2.18. The number of nitrogens with zero attached hydrogens (tertiary/aromatic N) is 3. The first kappa shape index (κ1) is 18.7.